The molecular weight excluding hydrogens is 589 g/mol. The normalized spacial score (nSPS) is 16.0. The van der Waals surface area contributed by atoms with Crippen molar-refractivity contribution >= 4 is 5.97 Å². The van der Waals surface area contributed by atoms with E-state index >= 15 is 0 Å². The van der Waals surface area contributed by atoms with E-state index in [0.717, 1.165) is 0 Å². The van der Waals surface area contributed by atoms with E-state index in [1.807, 2.05) is 0 Å². The van der Waals surface area contributed by atoms with E-state index in [0.29, 0.717) is 6.42 Å². The highest BCUT2D eigenvalue weighted by Crippen LogP contribution is 2.64. The first-order valence-corrected chi connectivity index (χ1v) is 9.83. The maximum Gasteiger partial charge on any atom is 0.460 e. The van der Waals surface area contributed by atoms with E-state index in [1.165, 1.54) is 0 Å². The fourth-order valence-electron chi connectivity index (χ4n) is 2.36. The van der Waals surface area contributed by atoms with Crippen molar-refractivity contribution in [2.75, 3.05) is 19.8 Å². The molecular formula is C17H18F17NO3. The number of alkyl halides is 17. The quantitative estimate of drug-likeness (QED) is 0.140. The molecule has 1 unspecified atom stereocenters. The number of carbonyl (C=O) groups excluding carboxylic acids is 1. The van der Waals surface area contributed by atoms with Gasteiger partial charge in [0.05, 0.1) is 6.61 Å². The van der Waals surface area contributed by atoms with Gasteiger partial charge in [-0.3, -0.25) is 4.79 Å². The lowest BCUT2D eigenvalue weighted by molar-refractivity contribution is -0.461. The van der Waals surface area contributed by atoms with Gasteiger partial charge >= 0.3 is 53.6 Å². The summed E-state index contributed by atoms with van der Waals surface area (Å²) in [5, 5.41) is 0. The third-order valence-corrected chi connectivity index (χ3v) is 4.68. The standard InChI is InChI=1S/C17H18F17NO3/c1-2-5-37-6-7-38-9(36)8(35)3-4-10(18,19)11(20,21)12(22,23)13(24,25)14(26,27)15(28,29)16(30,31)17(32,33)34/h8H,2-7,35H2,1H3. The van der Waals surface area contributed by atoms with Crippen LogP contribution in [0.5, 0.6) is 0 Å². The molecule has 38 heavy (non-hydrogen) atoms. The van der Waals surface area contributed by atoms with Crippen LogP contribution in [0.25, 0.3) is 0 Å². The lowest BCUT2D eigenvalue weighted by atomic mass is 9.87. The number of ether oxygens (including phenoxy) is 2. The molecule has 0 saturated heterocycles. The molecule has 2 N–H and O–H groups in total. The number of halogens is 17. The first kappa shape index (κ1) is 36.2. The number of rotatable bonds is 15. The highest BCUT2D eigenvalue weighted by molar-refractivity contribution is 5.75. The number of hydrogen-bond donors (Lipinski definition) is 1. The molecule has 4 nitrogen and oxygen atoms in total. The van der Waals surface area contributed by atoms with Crippen molar-refractivity contribution in [3.63, 3.8) is 0 Å². The van der Waals surface area contributed by atoms with E-state index in [-0.39, 0.29) is 13.2 Å². The van der Waals surface area contributed by atoms with E-state index in [4.69, 9.17) is 10.5 Å². The fourth-order valence-corrected chi connectivity index (χ4v) is 2.36. The van der Waals surface area contributed by atoms with Crippen molar-refractivity contribution in [2.24, 2.45) is 5.73 Å². The lowest BCUT2D eigenvalue weighted by Crippen LogP contribution is -2.74. The maximum absolute atomic E-state index is 13.8. The van der Waals surface area contributed by atoms with Crippen molar-refractivity contribution in [2.45, 2.75) is 79.9 Å². The van der Waals surface area contributed by atoms with Gasteiger partial charge in [-0.05, 0) is 12.8 Å². The number of hydrogen-bond acceptors (Lipinski definition) is 4. The minimum absolute atomic E-state index is 0.169. The smallest absolute Gasteiger partial charge is 0.460 e. The largest absolute Gasteiger partial charge is 0.462 e. The predicted molar refractivity (Wildman–Crippen MR) is 90.0 cm³/mol. The average molecular weight is 607 g/mol. The van der Waals surface area contributed by atoms with Crippen LogP contribution in [0.3, 0.4) is 0 Å². The van der Waals surface area contributed by atoms with Gasteiger partial charge in [-0.25, -0.2) is 0 Å². The molecule has 0 rings (SSSR count). The zero-order valence-corrected chi connectivity index (χ0v) is 18.5. The Labute approximate surface area is 201 Å². The zero-order chi connectivity index (χ0) is 30.8. The average Bonchev–Trinajstić information content (AvgIpc) is 2.75. The summed E-state index contributed by atoms with van der Waals surface area (Å²) < 4.78 is 233. The summed E-state index contributed by atoms with van der Waals surface area (Å²) in [6, 6.07) is -2.35. The number of carbonyl (C=O) groups is 1. The summed E-state index contributed by atoms with van der Waals surface area (Å²) in [7, 11) is 0. The first-order valence-electron chi connectivity index (χ1n) is 9.83. The van der Waals surface area contributed by atoms with Crippen molar-refractivity contribution in [3.8, 4) is 0 Å². The minimum Gasteiger partial charge on any atom is -0.462 e. The Morgan fingerprint density at radius 1 is 0.632 bits per heavy atom. The molecule has 0 amide bonds. The van der Waals surface area contributed by atoms with Crippen LogP contribution in [0.15, 0.2) is 0 Å². The molecule has 0 radical (unpaired) electrons. The molecule has 228 valence electrons. The topological polar surface area (TPSA) is 61.5 Å². The van der Waals surface area contributed by atoms with Crippen LogP contribution < -0.4 is 5.73 Å². The third kappa shape index (κ3) is 6.16. The molecule has 0 aromatic rings. The molecule has 0 aliphatic rings. The molecule has 0 fully saturated rings. The van der Waals surface area contributed by atoms with E-state index < -0.39 is 79.1 Å². The van der Waals surface area contributed by atoms with Gasteiger partial charge in [-0.2, -0.15) is 74.6 Å². The van der Waals surface area contributed by atoms with Gasteiger partial charge in [-0.15, -0.1) is 0 Å². The van der Waals surface area contributed by atoms with E-state index in [1.54, 1.807) is 6.92 Å². The van der Waals surface area contributed by atoms with Crippen LogP contribution in [-0.4, -0.2) is 79.5 Å². The lowest BCUT2D eigenvalue weighted by Gasteiger charge is -2.42. The Kier molecular flexibility index (Phi) is 10.8. The summed E-state index contributed by atoms with van der Waals surface area (Å²) in [5.74, 6) is -58.6. The summed E-state index contributed by atoms with van der Waals surface area (Å²) in [4.78, 5) is 11.5. The minimum atomic E-state index is -8.69. The highest BCUT2D eigenvalue weighted by Gasteiger charge is 2.95. The Morgan fingerprint density at radius 2 is 1.03 bits per heavy atom. The molecule has 0 aromatic heterocycles. The van der Waals surface area contributed by atoms with Crippen molar-refractivity contribution in [1.82, 2.24) is 0 Å². The number of esters is 1. The second kappa shape index (κ2) is 11.4. The van der Waals surface area contributed by atoms with Gasteiger partial charge in [0.15, 0.2) is 0 Å². The second-order valence-corrected chi connectivity index (χ2v) is 7.57. The maximum atomic E-state index is 13.8. The van der Waals surface area contributed by atoms with Gasteiger partial charge in [0, 0.05) is 13.0 Å². The first-order chi connectivity index (χ1) is 16.6. The second-order valence-electron chi connectivity index (χ2n) is 7.57. The Balaban J connectivity index is 5.96. The third-order valence-electron chi connectivity index (χ3n) is 4.68. The molecule has 0 spiro atoms. The zero-order valence-electron chi connectivity index (χ0n) is 18.5. The van der Waals surface area contributed by atoms with Crippen molar-refractivity contribution in [1.29, 1.82) is 0 Å². The molecule has 0 aliphatic heterocycles. The van der Waals surface area contributed by atoms with Gasteiger partial charge in [-0.1, -0.05) is 6.92 Å². The van der Waals surface area contributed by atoms with Crippen molar-refractivity contribution in [3.05, 3.63) is 0 Å². The van der Waals surface area contributed by atoms with Crippen LogP contribution in [0.4, 0.5) is 74.6 Å². The predicted octanol–water partition coefficient (Wildman–Crippen LogP) is 6.07. The van der Waals surface area contributed by atoms with Gasteiger partial charge in [0.25, 0.3) is 0 Å². The van der Waals surface area contributed by atoms with Crippen LogP contribution >= 0.6 is 0 Å². The van der Waals surface area contributed by atoms with Gasteiger partial charge in [0.2, 0.25) is 0 Å². The Morgan fingerprint density at radius 3 is 1.42 bits per heavy atom. The molecule has 0 saturated carbocycles. The van der Waals surface area contributed by atoms with Crippen LogP contribution in [0.1, 0.15) is 26.2 Å². The van der Waals surface area contributed by atoms with Crippen LogP contribution in [0.2, 0.25) is 0 Å². The number of nitrogens with two attached hydrogens (primary N) is 1. The van der Waals surface area contributed by atoms with Crippen LogP contribution in [-0.2, 0) is 14.3 Å². The molecule has 0 heterocycles. The summed E-state index contributed by atoms with van der Waals surface area (Å²) >= 11 is 0. The van der Waals surface area contributed by atoms with Crippen molar-refractivity contribution < 1.29 is 88.9 Å². The SMILES string of the molecule is CCCOCCOC(=O)C(N)CCC(F)(F)C(F)(F)C(F)(F)C(F)(F)C(F)(F)C(F)(F)C(F)(F)C(F)(F)F. The van der Waals surface area contributed by atoms with Crippen LogP contribution in [0, 0.1) is 0 Å². The molecule has 21 heteroatoms. The summed E-state index contributed by atoms with van der Waals surface area (Å²) in [6.45, 7) is 0.966. The monoisotopic (exact) mass is 607 g/mol. The molecule has 0 aliphatic carbocycles. The summed E-state index contributed by atoms with van der Waals surface area (Å²) in [6.07, 6.45) is -11.9. The van der Waals surface area contributed by atoms with Gasteiger partial charge in [0.1, 0.15) is 12.6 Å². The molecule has 0 bridgehead atoms. The van der Waals surface area contributed by atoms with E-state index in [9.17, 15) is 79.4 Å². The highest BCUT2D eigenvalue weighted by atomic mass is 19.4. The van der Waals surface area contributed by atoms with E-state index in [2.05, 4.69) is 4.74 Å². The molecule has 1 atom stereocenters. The van der Waals surface area contributed by atoms with Gasteiger partial charge < -0.3 is 15.2 Å². The Bertz CT molecular complexity index is 797. The molecule has 0 aromatic carbocycles. The Hall–Kier alpha value is -1.80. The summed E-state index contributed by atoms with van der Waals surface area (Å²) in [5.41, 5.74) is 4.98. The fraction of sp³-hybridized carbons (Fsp3) is 0.941.